The van der Waals surface area contributed by atoms with Gasteiger partial charge in [0.2, 0.25) is 5.89 Å². The second-order valence-electron chi connectivity index (χ2n) is 3.91. The third kappa shape index (κ3) is 2.97. The van der Waals surface area contributed by atoms with E-state index >= 15 is 0 Å². The minimum atomic E-state index is -0.505. The Morgan fingerprint density at radius 1 is 1.53 bits per heavy atom. The average Bonchev–Trinajstić information content (AvgIpc) is 2.74. The summed E-state index contributed by atoms with van der Waals surface area (Å²) in [5.74, 6) is 1.04. The van der Waals surface area contributed by atoms with E-state index in [1.54, 1.807) is 19.1 Å². The normalized spacial score (nSPS) is 10.4. The molecule has 0 fully saturated rings. The molecule has 1 aromatic heterocycles. The second-order valence-corrected chi connectivity index (χ2v) is 3.91. The molecule has 8 nitrogen and oxygen atoms in total. The number of nitrogens with one attached hydrogen (secondary N) is 1. The molecule has 0 spiro atoms. The largest absolute Gasteiger partial charge is 0.393 e. The fourth-order valence-corrected chi connectivity index (χ4v) is 1.65. The molecular weight excluding hydrogens is 250 g/mol. The van der Waals surface area contributed by atoms with E-state index in [1.165, 1.54) is 6.07 Å². The summed E-state index contributed by atoms with van der Waals surface area (Å²) in [6.45, 7) is 2.16. The van der Waals surface area contributed by atoms with Gasteiger partial charge in [0.25, 0.3) is 0 Å². The van der Waals surface area contributed by atoms with Crippen LogP contribution in [0.1, 0.15) is 11.7 Å². The molecule has 0 saturated heterocycles. The van der Waals surface area contributed by atoms with Crippen molar-refractivity contribution in [2.24, 2.45) is 0 Å². The van der Waals surface area contributed by atoms with Gasteiger partial charge < -0.3 is 15.6 Å². The fraction of sp³-hybridized carbons (Fsp3) is 0.273. The van der Waals surface area contributed by atoms with Crippen molar-refractivity contribution in [2.45, 2.75) is 13.3 Å². The van der Waals surface area contributed by atoms with Gasteiger partial charge in [-0.1, -0.05) is 11.2 Å². The number of rotatable bonds is 5. The van der Waals surface area contributed by atoms with E-state index in [9.17, 15) is 10.1 Å². The zero-order valence-corrected chi connectivity index (χ0v) is 10.3. The van der Waals surface area contributed by atoms with Gasteiger partial charge in [0.15, 0.2) is 5.82 Å². The van der Waals surface area contributed by atoms with Crippen molar-refractivity contribution in [1.82, 2.24) is 10.1 Å². The highest BCUT2D eigenvalue weighted by Crippen LogP contribution is 2.30. The first-order valence-electron chi connectivity index (χ1n) is 5.64. The van der Waals surface area contributed by atoms with Crippen LogP contribution in [0.15, 0.2) is 22.7 Å². The molecule has 0 radical (unpaired) electrons. The van der Waals surface area contributed by atoms with Gasteiger partial charge in [-0.25, -0.2) is 0 Å². The standard InChI is InChI=1S/C11H13N5O3/c1-7-14-10(19-15-7)5-6-13-9-4-2-3-8(12)11(9)16(17)18/h2-4,13H,5-6,12H2,1H3. The smallest absolute Gasteiger partial charge is 0.314 e. The van der Waals surface area contributed by atoms with Gasteiger partial charge in [0, 0.05) is 13.0 Å². The number of nitrogens with zero attached hydrogens (tertiary/aromatic N) is 3. The topological polar surface area (TPSA) is 120 Å². The highest BCUT2D eigenvalue weighted by molar-refractivity contribution is 5.74. The summed E-state index contributed by atoms with van der Waals surface area (Å²) < 4.78 is 4.94. The van der Waals surface area contributed by atoms with E-state index in [-0.39, 0.29) is 11.4 Å². The number of benzene rings is 1. The average molecular weight is 263 g/mol. The van der Waals surface area contributed by atoms with Crippen molar-refractivity contribution in [3.8, 4) is 0 Å². The summed E-state index contributed by atoms with van der Waals surface area (Å²) >= 11 is 0. The number of nitrogen functional groups attached to an aromatic ring is 1. The van der Waals surface area contributed by atoms with Crippen LogP contribution in [0.4, 0.5) is 17.1 Å². The van der Waals surface area contributed by atoms with Gasteiger partial charge in [0.05, 0.1) is 4.92 Å². The molecule has 2 rings (SSSR count). The van der Waals surface area contributed by atoms with Crippen LogP contribution in [0.2, 0.25) is 0 Å². The van der Waals surface area contributed by atoms with Crippen molar-refractivity contribution in [3.05, 3.63) is 40.0 Å². The molecule has 0 bridgehead atoms. The van der Waals surface area contributed by atoms with Crippen LogP contribution in [0, 0.1) is 17.0 Å². The maximum absolute atomic E-state index is 10.9. The monoisotopic (exact) mass is 263 g/mol. The van der Waals surface area contributed by atoms with Gasteiger partial charge in [-0.2, -0.15) is 4.98 Å². The number of nitro groups is 1. The van der Waals surface area contributed by atoms with Gasteiger partial charge in [-0.15, -0.1) is 0 Å². The summed E-state index contributed by atoms with van der Waals surface area (Å²) in [6, 6.07) is 4.75. The maximum Gasteiger partial charge on any atom is 0.314 e. The van der Waals surface area contributed by atoms with E-state index in [2.05, 4.69) is 15.5 Å². The molecule has 19 heavy (non-hydrogen) atoms. The molecule has 0 unspecified atom stereocenters. The van der Waals surface area contributed by atoms with Crippen LogP contribution in [0.3, 0.4) is 0 Å². The Hall–Kier alpha value is -2.64. The molecule has 0 saturated carbocycles. The molecule has 1 aromatic carbocycles. The number of hydrogen-bond donors (Lipinski definition) is 2. The molecule has 0 amide bonds. The molecule has 0 aliphatic heterocycles. The number of nitrogens with two attached hydrogens (primary N) is 1. The van der Waals surface area contributed by atoms with Gasteiger partial charge in [-0.05, 0) is 19.1 Å². The van der Waals surface area contributed by atoms with Crippen molar-refractivity contribution in [3.63, 3.8) is 0 Å². The highest BCUT2D eigenvalue weighted by atomic mass is 16.6. The molecule has 0 aliphatic carbocycles. The first-order valence-corrected chi connectivity index (χ1v) is 5.64. The molecule has 0 aliphatic rings. The van der Waals surface area contributed by atoms with Crippen LogP contribution in [0.25, 0.3) is 0 Å². The fourth-order valence-electron chi connectivity index (χ4n) is 1.65. The number of para-hydroxylation sites is 1. The van der Waals surface area contributed by atoms with E-state index in [1.807, 2.05) is 0 Å². The van der Waals surface area contributed by atoms with Crippen molar-refractivity contribution in [1.29, 1.82) is 0 Å². The van der Waals surface area contributed by atoms with E-state index in [0.717, 1.165) is 0 Å². The lowest BCUT2D eigenvalue weighted by molar-refractivity contribution is -0.383. The summed E-state index contributed by atoms with van der Waals surface area (Å²) in [5.41, 5.74) is 5.97. The van der Waals surface area contributed by atoms with Crippen LogP contribution in [-0.4, -0.2) is 21.6 Å². The molecule has 3 N–H and O–H groups in total. The predicted octanol–water partition coefficient (Wildman–Crippen LogP) is 1.52. The van der Waals surface area contributed by atoms with Gasteiger partial charge in [-0.3, -0.25) is 10.1 Å². The lowest BCUT2D eigenvalue weighted by atomic mass is 10.2. The lowest BCUT2D eigenvalue weighted by Gasteiger charge is -2.06. The Balaban J connectivity index is 2.03. The summed E-state index contributed by atoms with van der Waals surface area (Å²) in [4.78, 5) is 14.5. The maximum atomic E-state index is 10.9. The van der Waals surface area contributed by atoms with Crippen molar-refractivity contribution in [2.75, 3.05) is 17.6 Å². The van der Waals surface area contributed by atoms with Crippen LogP contribution in [-0.2, 0) is 6.42 Å². The highest BCUT2D eigenvalue weighted by Gasteiger charge is 2.17. The van der Waals surface area contributed by atoms with Crippen molar-refractivity contribution >= 4 is 17.1 Å². The lowest BCUT2D eigenvalue weighted by Crippen LogP contribution is -2.08. The molecule has 8 heteroatoms. The first-order chi connectivity index (χ1) is 9.08. The van der Waals surface area contributed by atoms with E-state index < -0.39 is 4.92 Å². The summed E-state index contributed by atoms with van der Waals surface area (Å²) in [6.07, 6.45) is 0.479. The Morgan fingerprint density at radius 2 is 2.32 bits per heavy atom. The van der Waals surface area contributed by atoms with Crippen LogP contribution in [0.5, 0.6) is 0 Å². The Morgan fingerprint density at radius 3 is 2.95 bits per heavy atom. The number of anilines is 2. The SMILES string of the molecule is Cc1noc(CCNc2cccc(N)c2[N+](=O)[O-])n1. The summed E-state index contributed by atoms with van der Waals surface area (Å²) in [7, 11) is 0. The number of nitro benzene ring substituents is 1. The minimum absolute atomic E-state index is 0.121. The zero-order chi connectivity index (χ0) is 13.8. The van der Waals surface area contributed by atoms with Gasteiger partial charge >= 0.3 is 5.69 Å². The number of hydrogen-bond acceptors (Lipinski definition) is 7. The molecular formula is C11H13N5O3. The second kappa shape index (κ2) is 5.34. The molecule has 0 atom stereocenters. The van der Waals surface area contributed by atoms with E-state index in [0.29, 0.717) is 30.4 Å². The Bertz CT molecular complexity index is 596. The molecule has 2 aromatic rings. The third-order valence-electron chi connectivity index (χ3n) is 2.47. The van der Waals surface area contributed by atoms with Crippen molar-refractivity contribution < 1.29 is 9.45 Å². The molecule has 1 heterocycles. The van der Waals surface area contributed by atoms with E-state index in [4.69, 9.17) is 10.3 Å². The molecule has 100 valence electrons. The minimum Gasteiger partial charge on any atom is -0.393 e. The van der Waals surface area contributed by atoms with Crippen LogP contribution >= 0.6 is 0 Å². The Labute approximate surface area is 108 Å². The zero-order valence-electron chi connectivity index (χ0n) is 10.3. The van der Waals surface area contributed by atoms with Gasteiger partial charge in [0.1, 0.15) is 11.4 Å². The third-order valence-corrected chi connectivity index (χ3v) is 2.47. The quantitative estimate of drug-likeness (QED) is 0.476. The number of aromatic nitrogens is 2. The van der Waals surface area contributed by atoms with Crippen LogP contribution < -0.4 is 11.1 Å². The number of aryl methyl sites for hydroxylation is 1. The Kier molecular flexibility index (Phi) is 3.60. The first kappa shape index (κ1) is 12.8. The predicted molar refractivity (Wildman–Crippen MR) is 68.7 cm³/mol. The summed E-state index contributed by atoms with van der Waals surface area (Å²) in [5, 5.41) is 17.5.